The molecule has 1 aromatic carbocycles. The largest absolute Gasteiger partial charge is 0.338 e. The number of carbonyl (C=O) groups is 1. The molecule has 1 saturated heterocycles. The quantitative estimate of drug-likeness (QED) is 0.823. The number of carbonyl (C=O) groups excluding carboxylic acids is 1. The molecule has 1 unspecified atom stereocenters. The van der Waals surface area contributed by atoms with Crippen molar-refractivity contribution in [2.75, 3.05) is 18.6 Å². The average Bonchev–Trinajstić information content (AvgIpc) is 2.85. The summed E-state index contributed by atoms with van der Waals surface area (Å²) in [6, 6.07) is 4.87. The molecule has 0 bridgehead atoms. The van der Waals surface area contributed by atoms with E-state index >= 15 is 0 Å². The van der Waals surface area contributed by atoms with Gasteiger partial charge in [0.15, 0.2) is 9.84 Å². The highest BCUT2D eigenvalue weighted by Crippen LogP contribution is 2.19. The molecule has 0 aliphatic carbocycles. The molecule has 0 spiro atoms. The minimum Gasteiger partial charge on any atom is -0.338 e. The van der Waals surface area contributed by atoms with E-state index in [1.54, 1.807) is 37.6 Å². The van der Waals surface area contributed by atoms with E-state index in [9.17, 15) is 13.2 Å². The molecule has 0 saturated carbocycles. The number of hydrogen-bond acceptors (Lipinski definition) is 5. The molecule has 6 nitrogen and oxygen atoms in total. The summed E-state index contributed by atoms with van der Waals surface area (Å²) < 4.78 is 23.0. The predicted molar refractivity (Wildman–Crippen MR) is 78.7 cm³/mol. The summed E-state index contributed by atoms with van der Waals surface area (Å²) in [5.41, 5.74) is 1.87. The zero-order valence-corrected chi connectivity index (χ0v) is 12.4. The van der Waals surface area contributed by atoms with Gasteiger partial charge in [-0.3, -0.25) is 14.8 Å². The third-order valence-corrected chi connectivity index (χ3v) is 5.54. The van der Waals surface area contributed by atoms with E-state index in [0.29, 0.717) is 17.5 Å². The first kappa shape index (κ1) is 13.9. The fraction of sp³-hybridized carbons (Fsp3) is 0.357. The van der Waals surface area contributed by atoms with Gasteiger partial charge >= 0.3 is 0 Å². The van der Waals surface area contributed by atoms with Gasteiger partial charge in [0.05, 0.1) is 22.5 Å². The van der Waals surface area contributed by atoms with Crippen LogP contribution in [0, 0.1) is 0 Å². The summed E-state index contributed by atoms with van der Waals surface area (Å²) >= 11 is 0. The van der Waals surface area contributed by atoms with E-state index in [1.165, 1.54) is 4.90 Å². The lowest BCUT2D eigenvalue weighted by Crippen LogP contribution is -2.37. The van der Waals surface area contributed by atoms with E-state index in [-0.39, 0.29) is 23.5 Å². The molecule has 1 aromatic heterocycles. The Hall–Kier alpha value is -2.02. The number of amides is 1. The Morgan fingerprint density at radius 1 is 1.24 bits per heavy atom. The zero-order valence-electron chi connectivity index (χ0n) is 11.6. The predicted octanol–water partition coefficient (Wildman–Crippen LogP) is 0.889. The second-order valence-electron chi connectivity index (χ2n) is 5.23. The molecule has 7 heteroatoms. The second kappa shape index (κ2) is 5.07. The highest BCUT2D eigenvalue weighted by atomic mass is 32.2. The first-order chi connectivity index (χ1) is 9.96. The standard InChI is InChI=1S/C14H15N3O3S/c1-17(11-4-7-21(19,20)9-11)14(18)10-2-3-12-13(8-10)16-6-5-15-12/h2-3,5-6,8,11H,4,7,9H2,1H3. The smallest absolute Gasteiger partial charge is 0.253 e. The molecule has 21 heavy (non-hydrogen) atoms. The van der Waals surface area contributed by atoms with Gasteiger partial charge in [0, 0.05) is 31.0 Å². The molecule has 0 N–H and O–H groups in total. The number of rotatable bonds is 2. The molecule has 3 rings (SSSR count). The summed E-state index contributed by atoms with van der Waals surface area (Å²) in [6.07, 6.45) is 3.67. The van der Waals surface area contributed by atoms with Gasteiger partial charge in [-0.2, -0.15) is 0 Å². The Morgan fingerprint density at radius 2 is 1.95 bits per heavy atom. The van der Waals surface area contributed by atoms with E-state index in [4.69, 9.17) is 0 Å². The van der Waals surface area contributed by atoms with Gasteiger partial charge < -0.3 is 4.90 Å². The summed E-state index contributed by atoms with van der Waals surface area (Å²) in [4.78, 5) is 22.3. The lowest BCUT2D eigenvalue weighted by Gasteiger charge is -2.23. The lowest BCUT2D eigenvalue weighted by atomic mass is 10.1. The van der Waals surface area contributed by atoms with Crippen molar-refractivity contribution in [1.82, 2.24) is 14.9 Å². The van der Waals surface area contributed by atoms with Gasteiger partial charge in [-0.05, 0) is 24.6 Å². The van der Waals surface area contributed by atoms with Crippen molar-refractivity contribution in [2.24, 2.45) is 0 Å². The number of benzene rings is 1. The molecule has 1 fully saturated rings. The van der Waals surface area contributed by atoms with Crippen LogP contribution in [-0.2, 0) is 9.84 Å². The maximum Gasteiger partial charge on any atom is 0.253 e. The summed E-state index contributed by atoms with van der Waals surface area (Å²) in [7, 11) is -1.36. The fourth-order valence-corrected chi connectivity index (χ4v) is 4.32. The zero-order chi connectivity index (χ0) is 15.0. The minimum absolute atomic E-state index is 0.0443. The van der Waals surface area contributed by atoms with Gasteiger partial charge in [-0.1, -0.05) is 0 Å². The van der Waals surface area contributed by atoms with Gasteiger partial charge in [0.25, 0.3) is 5.91 Å². The molecule has 2 aromatic rings. The Balaban J connectivity index is 1.86. The third kappa shape index (κ3) is 2.73. The molecule has 0 radical (unpaired) electrons. The van der Waals surface area contributed by atoms with Crippen molar-refractivity contribution in [3.63, 3.8) is 0 Å². The fourth-order valence-electron chi connectivity index (χ4n) is 2.55. The van der Waals surface area contributed by atoms with Crippen LogP contribution in [0.3, 0.4) is 0 Å². The first-order valence-corrected chi connectivity index (χ1v) is 8.47. The number of hydrogen-bond donors (Lipinski definition) is 0. The summed E-state index contributed by atoms with van der Waals surface area (Å²) in [5, 5.41) is 0. The highest BCUT2D eigenvalue weighted by molar-refractivity contribution is 7.91. The van der Waals surface area contributed by atoms with Crippen LogP contribution >= 0.6 is 0 Å². The van der Waals surface area contributed by atoms with Crippen LogP contribution in [0.2, 0.25) is 0 Å². The van der Waals surface area contributed by atoms with E-state index in [2.05, 4.69) is 9.97 Å². The monoisotopic (exact) mass is 305 g/mol. The maximum absolute atomic E-state index is 12.5. The molecule has 1 aliphatic heterocycles. The van der Waals surface area contributed by atoms with Crippen molar-refractivity contribution in [2.45, 2.75) is 12.5 Å². The van der Waals surface area contributed by atoms with Gasteiger partial charge in [0.2, 0.25) is 0 Å². The summed E-state index contributed by atoms with van der Waals surface area (Å²) in [5.74, 6) is 0.00541. The van der Waals surface area contributed by atoms with Crippen LogP contribution in [0.1, 0.15) is 16.8 Å². The van der Waals surface area contributed by atoms with Crippen LogP contribution in [-0.4, -0.2) is 53.8 Å². The topological polar surface area (TPSA) is 80.2 Å². The molecule has 1 atom stereocenters. The van der Waals surface area contributed by atoms with Crippen LogP contribution in [0.4, 0.5) is 0 Å². The van der Waals surface area contributed by atoms with Crippen molar-refractivity contribution in [1.29, 1.82) is 0 Å². The van der Waals surface area contributed by atoms with Crippen molar-refractivity contribution >= 4 is 26.8 Å². The molecular weight excluding hydrogens is 290 g/mol. The number of sulfone groups is 1. The normalized spacial score (nSPS) is 20.5. The molecule has 1 aliphatic rings. The SMILES string of the molecule is CN(C(=O)c1ccc2nccnc2c1)C1CCS(=O)(=O)C1. The molecule has 1 amide bonds. The highest BCUT2D eigenvalue weighted by Gasteiger charge is 2.33. The molecular formula is C14H15N3O3S. The van der Waals surface area contributed by atoms with E-state index in [0.717, 1.165) is 5.52 Å². The Labute approximate surface area is 122 Å². The molecule has 110 valence electrons. The van der Waals surface area contributed by atoms with Crippen LogP contribution in [0.15, 0.2) is 30.6 Å². The van der Waals surface area contributed by atoms with Gasteiger partial charge in [-0.15, -0.1) is 0 Å². The van der Waals surface area contributed by atoms with Gasteiger partial charge in [0.1, 0.15) is 0 Å². The lowest BCUT2D eigenvalue weighted by molar-refractivity contribution is 0.0748. The number of nitrogens with zero attached hydrogens (tertiary/aromatic N) is 3. The average molecular weight is 305 g/mol. The number of fused-ring (bicyclic) bond motifs is 1. The Morgan fingerprint density at radius 3 is 2.62 bits per heavy atom. The second-order valence-corrected chi connectivity index (χ2v) is 7.46. The van der Waals surface area contributed by atoms with Crippen molar-refractivity contribution in [3.05, 3.63) is 36.2 Å². The van der Waals surface area contributed by atoms with E-state index in [1.807, 2.05) is 0 Å². The van der Waals surface area contributed by atoms with Crippen LogP contribution < -0.4 is 0 Å². The van der Waals surface area contributed by atoms with Crippen LogP contribution in [0.25, 0.3) is 11.0 Å². The van der Waals surface area contributed by atoms with Crippen molar-refractivity contribution in [3.8, 4) is 0 Å². The summed E-state index contributed by atoms with van der Waals surface area (Å²) in [6.45, 7) is 0. The third-order valence-electron chi connectivity index (χ3n) is 3.79. The van der Waals surface area contributed by atoms with Crippen molar-refractivity contribution < 1.29 is 13.2 Å². The van der Waals surface area contributed by atoms with E-state index < -0.39 is 9.84 Å². The first-order valence-electron chi connectivity index (χ1n) is 6.65. The maximum atomic E-state index is 12.5. The van der Waals surface area contributed by atoms with Crippen LogP contribution in [0.5, 0.6) is 0 Å². The Bertz CT molecular complexity index is 804. The van der Waals surface area contributed by atoms with Gasteiger partial charge in [-0.25, -0.2) is 8.42 Å². The minimum atomic E-state index is -3.01. The molecule has 2 heterocycles. The number of aromatic nitrogens is 2. The Kier molecular flexibility index (Phi) is 3.36.